The molecule has 0 fully saturated rings. The Morgan fingerprint density at radius 1 is 1.22 bits per heavy atom. The van der Waals surface area contributed by atoms with Crippen molar-refractivity contribution in [3.8, 4) is 0 Å². The summed E-state index contributed by atoms with van der Waals surface area (Å²) < 4.78 is 0. The minimum atomic E-state index is 0.324. The lowest BCUT2D eigenvalue weighted by Crippen LogP contribution is -2.21. The molecule has 2 unspecified atom stereocenters. The lowest BCUT2D eigenvalue weighted by molar-refractivity contribution is 0.483. The highest BCUT2D eigenvalue weighted by molar-refractivity contribution is 5.56. The number of aromatic nitrogens is 2. The molecule has 0 aliphatic carbocycles. The predicted molar refractivity (Wildman–Crippen MR) is 77.7 cm³/mol. The summed E-state index contributed by atoms with van der Waals surface area (Å²) in [5.41, 5.74) is 6.96. The van der Waals surface area contributed by atoms with Gasteiger partial charge in [-0.2, -0.15) is 0 Å². The van der Waals surface area contributed by atoms with Crippen molar-refractivity contribution in [3.05, 3.63) is 11.9 Å². The van der Waals surface area contributed by atoms with Gasteiger partial charge < -0.3 is 11.1 Å². The second-order valence-electron chi connectivity index (χ2n) is 5.47. The smallest absolute Gasteiger partial charge is 0.135 e. The average molecular weight is 250 g/mol. The fourth-order valence-corrected chi connectivity index (χ4v) is 2.16. The Bertz CT molecular complexity index is 376. The van der Waals surface area contributed by atoms with Crippen molar-refractivity contribution < 1.29 is 0 Å². The number of nitrogens with one attached hydrogen (secondary N) is 1. The molecule has 0 bridgehead atoms. The van der Waals surface area contributed by atoms with Crippen LogP contribution in [0.3, 0.4) is 0 Å². The lowest BCUT2D eigenvalue weighted by atomic mass is 9.99. The summed E-state index contributed by atoms with van der Waals surface area (Å²) in [5, 5.41) is 3.47. The standard InChI is InChI=1S/C14H26N4/c1-6-10(4)7-11(5)18-14-12(9(2)3)13(15)16-8-17-14/h8-11H,6-7H2,1-5H3,(H3,15,16,17,18). The molecule has 0 aliphatic heterocycles. The zero-order valence-corrected chi connectivity index (χ0v) is 12.2. The van der Waals surface area contributed by atoms with E-state index in [-0.39, 0.29) is 0 Å². The van der Waals surface area contributed by atoms with E-state index in [1.54, 1.807) is 0 Å². The van der Waals surface area contributed by atoms with Crippen LogP contribution in [0.5, 0.6) is 0 Å². The molecular formula is C14H26N4. The highest BCUT2D eigenvalue weighted by atomic mass is 15.1. The Morgan fingerprint density at radius 3 is 2.44 bits per heavy atom. The van der Waals surface area contributed by atoms with E-state index in [0.29, 0.717) is 23.7 Å². The molecule has 0 saturated carbocycles. The lowest BCUT2D eigenvalue weighted by Gasteiger charge is -2.21. The molecule has 0 spiro atoms. The molecule has 0 saturated heterocycles. The van der Waals surface area contributed by atoms with Crippen molar-refractivity contribution in [2.45, 2.75) is 59.4 Å². The van der Waals surface area contributed by atoms with Crippen LogP contribution in [0.25, 0.3) is 0 Å². The predicted octanol–water partition coefficient (Wildman–Crippen LogP) is 3.42. The first-order chi connectivity index (χ1) is 8.45. The maximum Gasteiger partial charge on any atom is 0.135 e. The van der Waals surface area contributed by atoms with Crippen molar-refractivity contribution in [1.29, 1.82) is 0 Å². The summed E-state index contributed by atoms with van der Waals surface area (Å²) >= 11 is 0. The Hall–Kier alpha value is -1.32. The van der Waals surface area contributed by atoms with Gasteiger partial charge in [0.15, 0.2) is 0 Å². The van der Waals surface area contributed by atoms with Gasteiger partial charge in [0.1, 0.15) is 18.0 Å². The van der Waals surface area contributed by atoms with Gasteiger partial charge in [-0.3, -0.25) is 0 Å². The summed E-state index contributed by atoms with van der Waals surface area (Å²) in [6, 6.07) is 0.395. The van der Waals surface area contributed by atoms with Crippen LogP contribution in [0.4, 0.5) is 11.6 Å². The third-order valence-corrected chi connectivity index (χ3v) is 3.33. The summed E-state index contributed by atoms with van der Waals surface area (Å²) in [5.74, 6) is 2.50. The van der Waals surface area contributed by atoms with Crippen LogP contribution in [0, 0.1) is 5.92 Å². The quantitative estimate of drug-likeness (QED) is 0.812. The van der Waals surface area contributed by atoms with Crippen molar-refractivity contribution >= 4 is 11.6 Å². The molecule has 1 rings (SSSR count). The van der Waals surface area contributed by atoms with Crippen LogP contribution in [-0.4, -0.2) is 16.0 Å². The van der Waals surface area contributed by atoms with Crippen LogP contribution in [-0.2, 0) is 0 Å². The van der Waals surface area contributed by atoms with Gasteiger partial charge in [-0.15, -0.1) is 0 Å². The van der Waals surface area contributed by atoms with Crippen molar-refractivity contribution in [2.75, 3.05) is 11.1 Å². The number of anilines is 2. The van der Waals surface area contributed by atoms with E-state index in [2.05, 4.69) is 49.9 Å². The van der Waals surface area contributed by atoms with E-state index < -0.39 is 0 Å². The Morgan fingerprint density at radius 2 is 1.89 bits per heavy atom. The molecular weight excluding hydrogens is 224 g/mol. The van der Waals surface area contributed by atoms with Gasteiger partial charge in [0.25, 0.3) is 0 Å². The molecule has 0 aromatic carbocycles. The molecule has 4 nitrogen and oxygen atoms in total. The molecule has 0 radical (unpaired) electrons. The summed E-state index contributed by atoms with van der Waals surface area (Å²) in [4.78, 5) is 8.40. The molecule has 0 aliphatic rings. The zero-order valence-electron chi connectivity index (χ0n) is 12.2. The van der Waals surface area contributed by atoms with Crippen molar-refractivity contribution in [1.82, 2.24) is 9.97 Å². The van der Waals surface area contributed by atoms with Crippen LogP contribution < -0.4 is 11.1 Å². The Labute approximate surface area is 110 Å². The second kappa shape index (κ2) is 6.57. The average Bonchev–Trinajstić information content (AvgIpc) is 2.28. The first-order valence-electron chi connectivity index (χ1n) is 6.82. The minimum Gasteiger partial charge on any atom is -0.383 e. The monoisotopic (exact) mass is 250 g/mol. The molecule has 4 heteroatoms. The van der Waals surface area contributed by atoms with E-state index in [0.717, 1.165) is 17.8 Å². The fourth-order valence-electron chi connectivity index (χ4n) is 2.16. The van der Waals surface area contributed by atoms with E-state index in [4.69, 9.17) is 5.73 Å². The largest absolute Gasteiger partial charge is 0.383 e. The minimum absolute atomic E-state index is 0.324. The number of nitrogens with two attached hydrogens (primary N) is 1. The molecule has 1 aromatic heterocycles. The summed E-state index contributed by atoms with van der Waals surface area (Å²) in [6.45, 7) is 10.9. The number of nitrogen functional groups attached to an aromatic ring is 1. The summed E-state index contributed by atoms with van der Waals surface area (Å²) in [6.07, 6.45) is 3.87. The Balaban J connectivity index is 2.81. The topological polar surface area (TPSA) is 63.8 Å². The van der Waals surface area contributed by atoms with Crippen molar-refractivity contribution in [3.63, 3.8) is 0 Å². The molecule has 1 aromatic rings. The second-order valence-corrected chi connectivity index (χ2v) is 5.47. The van der Waals surface area contributed by atoms with Gasteiger partial charge in [-0.05, 0) is 25.2 Å². The molecule has 2 atom stereocenters. The van der Waals surface area contributed by atoms with Crippen LogP contribution in [0.15, 0.2) is 6.33 Å². The maximum atomic E-state index is 5.93. The molecule has 18 heavy (non-hydrogen) atoms. The molecule has 0 amide bonds. The number of nitrogens with zero attached hydrogens (tertiary/aromatic N) is 2. The van der Waals surface area contributed by atoms with Crippen LogP contribution >= 0.6 is 0 Å². The van der Waals surface area contributed by atoms with Crippen molar-refractivity contribution in [2.24, 2.45) is 5.92 Å². The summed E-state index contributed by atoms with van der Waals surface area (Å²) in [7, 11) is 0. The van der Waals surface area contributed by atoms with Crippen LogP contribution in [0.2, 0.25) is 0 Å². The zero-order chi connectivity index (χ0) is 13.7. The Kier molecular flexibility index (Phi) is 5.38. The molecule has 102 valence electrons. The van der Waals surface area contributed by atoms with Gasteiger partial charge in [-0.25, -0.2) is 9.97 Å². The third-order valence-electron chi connectivity index (χ3n) is 3.33. The van der Waals surface area contributed by atoms with Gasteiger partial charge >= 0.3 is 0 Å². The molecule has 3 N–H and O–H groups in total. The van der Waals surface area contributed by atoms with Gasteiger partial charge in [0.2, 0.25) is 0 Å². The molecule has 1 heterocycles. The number of rotatable bonds is 6. The van der Waals surface area contributed by atoms with E-state index in [1.807, 2.05) is 0 Å². The van der Waals surface area contributed by atoms with E-state index >= 15 is 0 Å². The fraction of sp³-hybridized carbons (Fsp3) is 0.714. The maximum absolute atomic E-state index is 5.93. The first-order valence-corrected chi connectivity index (χ1v) is 6.82. The first kappa shape index (κ1) is 14.7. The van der Waals surface area contributed by atoms with E-state index in [9.17, 15) is 0 Å². The van der Waals surface area contributed by atoms with Crippen LogP contribution in [0.1, 0.15) is 58.9 Å². The SMILES string of the molecule is CCC(C)CC(C)Nc1ncnc(N)c1C(C)C. The highest BCUT2D eigenvalue weighted by Crippen LogP contribution is 2.27. The highest BCUT2D eigenvalue weighted by Gasteiger charge is 2.15. The normalized spacial score (nSPS) is 14.6. The van der Waals surface area contributed by atoms with E-state index in [1.165, 1.54) is 12.7 Å². The number of hydrogen-bond donors (Lipinski definition) is 2. The van der Waals surface area contributed by atoms with Gasteiger partial charge in [0.05, 0.1) is 0 Å². The van der Waals surface area contributed by atoms with Gasteiger partial charge in [0, 0.05) is 11.6 Å². The van der Waals surface area contributed by atoms with Gasteiger partial charge in [-0.1, -0.05) is 34.1 Å². The third kappa shape index (κ3) is 3.86. The number of hydrogen-bond acceptors (Lipinski definition) is 4.